The van der Waals surface area contributed by atoms with Crippen LogP contribution in [0.3, 0.4) is 0 Å². The predicted octanol–water partition coefficient (Wildman–Crippen LogP) is 0.597. The van der Waals surface area contributed by atoms with Crippen LogP contribution in [-0.4, -0.2) is 98.5 Å². The SMILES string of the molecule is O=C(O)NCCCOCCOCCOCCCNc1cccc2c1C(=O)N(C1CCC(=O)NC1=O)C2=O. The van der Waals surface area contributed by atoms with Crippen LogP contribution in [0.25, 0.3) is 0 Å². The molecular weight excluding hydrogens is 488 g/mol. The highest BCUT2D eigenvalue weighted by Crippen LogP contribution is 2.32. The molecule has 13 heteroatoms. The van der Waals surface area contributed by atoms with Gasteiger partial charge in [0, 0.05) is 38.4 Å². The first-order valence-corrected chi connectivity index (χ1v) is 12.2. The van der Waals surface area contributed by atoms with Crippen LogP contribution in [0.4, 0.5) is 10.5 Å². The first-order chi connectivity index (χ1) is 17.9. The van der Waals surface area contributed by atoms with Crippen molar-refractivity contribution in [1.82, 2.24) is 15.5 Å². The van der Waals surface area contributed by atoms with Gasteiger partial charge in [0.15, 0.2) is 0 Å². The normalized spacial score (nSPS) is 17.1. The van der Waals surface area contributed by atoms with Gasteiger partial charge in [0.05, 0.1) is 37.6 Å². The number of amides is 5. The Hall–Kier alpha value is -3.55. The van der Waals surface area contributed by atoms with Crippen LogP contribution in [0, 0.1) is 0 Å². The van der Waals surface area contributed by atoms with E-state index in [-0.39, 0.29) is 24.0 Å². The van der Waals surface area contributed by atoms with Gasteiger partial charge in [0.25, 0.3) is 11.8 Å². The summed E-state index contributed by atoms with van der Waals surface area (Å²) in [6, 6.07) is 3.93. The van der Waals surface area contributed by atoms with Crippen molar-refractivity contribution >= 4 is 35.4 Å². The molecule has 2 heterocycles. The fraction of sp³-hybridized carbons (Fsp3) is 0.542. The summed E-state index contributed by atoms with van der Waals surface area (Å²) >= 11 is 0. The highest BCUT2D eigenvalue weighted by Gasteiger charge is 2.45. The number of nitrogens with one attached hydrogen (secondary N) is 3. The van der Waals surface area contributed by atoms with Gasteiger partial charge in [0.1, 0.15) is 6.04 Å². The molecule has 0 saturated carbocycles. The molecule has 2 aliphatic heterocycles. The van der Waals surface area contributed by atoms with Crippen molar-refractivity contribution in [3.05, 3.63) is 29.3 Å². The highest BCUT2D eigenvalue weighted by molar-refractivity contribution is 6.25. The number of imide groups is 2. The molecule has 37 heavy (non-hydrogen) atoms. The molecule has 0 spiro atoms. The minimum atomic E-state index is -1.05. The van der Waals surface area contributed by atoms with Crippen LogP contribution < -0.4 is 16.0 Å². The van der Waals surface area contributed by atoms with E-state index >= 15 is 0 Å². The molecule has 0 aromatic heterocycles. The standard InChI is InChI=1S/C24H32N4O9/c29-19-7-6-18(21(30)27-19)28-22(31)16-4-1-5-17(20(16)23(28)32)25-8-2-10-35-12-14-37-15-13-36-11-3-9-26-24(33)34/h1,4-5,18,25-26H,2-3,6-15H2,(H,33,34)(H,27,29,30). The maximum Gasteiger partial charge on any atom is 0.404 e. The number of carboxylic acid groups (broad SMARTS) is 1. The topological polar surface area (TPSA) is 173 Å². The van der Waals surface area contributed by atoms with Crippen LogP contribution in [0.15, 0.2) is 18.2 Å². The molecule has 1 atom stereocenters. The Bertz CT molecular complexity index is 1000. The third kappa shape index (κ3) is 7.97. The molecule has 1 unspecified atom stereocenters. The van der Waals surface area contributed by atoms with E-state index < -0.39 is 35.8 Å². The van der Waals surface area contributed by atoms with Gasteiger partial charge in [-0.05, 0) is 31.4 Å². The predicted molar refractivity (Wildman–Crippen MR) is 129 cm³/mol. The summed E-state index contributed by atoms with van der Waals surface area (Å²) in [5.41, 5.74) is 0.966. The van der Waals surface area contributed by atoms with Gasteiger partial charge in [0.2, 0.25) is 11.8 Å². The molecule has 0 bridgehead atoms. The average Bonchev–Trinajstić information content (AvgIpc) is 3.12. The number of ether oxygens (including phenoxy) is 3. The van der Waals surface area contributed by atoms with Crippen LogP contribution in [0.5, 0.6) is 0 Å². The number of benzene rings is 1. The summed E-state index contributed by atoms with van der Waals surface area (Å²) in [5, 5.41) is 16.0. The minimum Gasteiger partial charge on any atom is -0.465 e. The molecular formula is C24H32N4O9. The van der Waals surface area contributed by atoms with E-state index in [0.29, 0.717) is 71.3 Å². The lowest BCUT2D eigenvalue weighted by Gasteiger charge is -2.27. The maximum atomic E-state index is 13.1. The zero-order valence-electron chi connectivity index (χ0n) is 20.5. The zero-order valence-corrected chi connectivity index (χ0v) is 20.5. The van der Waals surface area contributed by atoms with E-state index in [9.17, 15) is 24.0 Å². The average molecular weight is 521 g/mol. The lowest BCUT2D eigenvalue weighted by atomic mass is 10.0. The van der Waals surface area contributed by atoms with Crippen molar-refractivity contribution in [2.75, 3.05) is 58.0 Å². The van der Waals surface area contributed by atoms with E-state index in [0.717, 1.165) is 4.90 Å². The van der Waals surface area contributed by atoms with E-state index in [2.05, 4.69) is 16.0 Å². The first kappa shape index (κ1) is 28.0. The Morgan fingerprint density at radius 3 is 2.24 bits per heavy atom. The van der Waals surface area contributed by atoms with E-state index in [4.69, 9.17) is 19.3 Å². The maximum absolute atomic E-state index is 13.1. The second kappa shape index (κ2) is 14.3. The number of fused-ring (bicyclic) bond motifs is 1. The number of nitrogens with zero attached hydrogens (tertiary/aromatic N) is 1. The van der Waals surface area contributed by atoms with Crippen molar-refractivity contribution in [2.24, 2.45) is 0 Å². The minimum absolute atomic E-state index is 0.0713. The van der Waals surface area contributed by atoms with Crippen LogP contribution in [-0.2, 0) is 23.8 Å². The van der Waals surface area contributed by atoms with Gasteiger partial charge in [-0.15, -0.1) is 0 Å². The number of carbonyl (C=O) groups is 5. The molecule has 1 aromatic carbocycles. The molecule has 202 valence electrons. The molecule has 0 aliphatic carbocycles. The van der Waals surface area contributed by atoms with E-state index in [1.165, 1.54) is 0 Å². The number of hydrogen-bond acceptors (Lipinski definition) is 9. The van der Waals surface area contributed by atoms with Crippen molar-refractivity contribution in [1.29, 1.82) is 0 Å². The molecule has 4 N–H and O–H groups in total. The lowest BCUT2D eigenvalue weighted by Crippen LogP contribution is -2.54. The Balaban J connectivity index is 1.30. The van der Waals surface area contributed by atoms with Crippen LogP contribution in [0.1, 0.15) is 46.4 Å². The van der Waals surface area contributed by atoms with Crippen LogP contribution >= 0.6 is 0 Å². The quantitative estimate of drug-likeness (QED) is 0.179. The highest BCUT2D eigenvalue weighted by atomic mass is 16.5. The molecule has 2 aliphatic rings. The second-order valence-electron chi connectivity index (χ2n) is 8.38. The van der Waals surface area contributed by atoms with E-state index in [1.54, 1.807) is 18.2 Å². The molecule has 5 amide bonds. The summed E-state index contributed by atoms with van der Waals surface area (Å²) < 4.78 is 16.3. The van der Waals surface area contributed by atoms with Gasteiger partial charge in [-0.3, -0.25) is 29.4 Å². The fourth-order valence-corrected chi connectivity index (χ4v) is 3.97. The monoisotopic (exact) mass is 520 g/mol. The molecule has 1 fully saturated rings. The third-order valence-corrected chi connectivity index (χ3v) is 5.73. The number of anilines is 1. The summed E-state index contributed by atoms with van der Waals surface area (Å²) in [7, 11) is 0. The van der Waals surface area contributed by atoms with Gasteiger partial charge in [-0.1, -0.05) is 6.07 Å². The molecule has 0 radical (unpaired) electrons. The Labute approximate surface area is 213 Å². The molecule has 1 aromatic rings. The Morgan fingerprint density at radius 2 is 1.59 bits per heavy atom. The van der Waals surface area contributed by atoms with Gasteiger partial charge in [-0.25, -0.2) is 4.79 Å². The van der Waals surface area contributed by atoms with Gasteiger partial charge in [-0.2, -0.15) is 0 Å². The number of hydrogen-bond donors (Lipinski definition) is 4. The number of carbonyl (C=O) groups excluding carboxylic acids is 4. The Kier molecular flexibility index (Phi) is 10.8. The molecule has 3 rings (SSSR count). The Morgan fingerprint density at radius 1 is 0.946 bits per heavy atom. The van der Waals surface area contributed by atoms with Crippen molar-refractivity contribution in [3.63, 3.8) is 0 Å². The number of piperidine rings is 1. The molecule has 1 saturated heterocycles. The van der Waals surface area contributed by atoms with Crippen molar-refractivity contribution < 1.29 is 43.3 Å². The molecule has 13 nitrogen and oxygen atoms in total. The van der Waals surface area contributed by atoms with Gasteiger partial charge < -0.3 is 30.0 Å². The summed E-state index contributed by atoms with van der Waals surface area (Å²) in [6.45, 7) is 3.43. The van der Waals surface area contributed by atoms with Crippen molar-refractivity contribution in [3.8, 4) is 0 Å². The first-order valence-electron chi connectivity index (χ1n) is 12.2. The summed E-state index contributed by atoms with van der Waals surface area (Å²) in [5.74, 6) is -2.14. The summed E-state index contributed by atoms with van der Waals surface area (Å²) in [6.07, 6.45) is 0.377. The zero-order chi connectivity index (χ0) is 26.6. The van der Waals surface area contributed by atoms with E-state index in [1.807, 2.05) is 0 Å². The fourth-order valence-electron chi connectivity index (χ4n) is 3.97. The third-order valence-electron chi connectivity index (χ3n) is 5.73. The van der Waals surface area contributed by atoms with Crippen LogP contribution in [0.2, 0.25) is 0 Å². The van der Waals surface area contributed by atoms with Gasteiger partial charge >= 0.3 is 6.09 Å². The smallest absolute Gasteiger partial charge is 0.404 e. The number of rotatable bonds is 16. The second-order valence-corrected chi connectivity index (χ2v) is 8.38. The van der Waals surface area contributed by atoms with Crippen molar-refractivity contribution in [2.45, 2.75) is 31.7 Å². The largest absolute Gasteiger partial charge is 0.465 e. The summed E-state index contributed by atoms with van der Waals surface area (Å²) in [4.78, 5) is 60.8. The lowest BCUT2D eigenvalue weighted by molar-refractivity contribution is -0.136.